The Labute approximate surface area is 146 Å². The zero-order valence-electron chi connectivity index (χ0n) is 14.3. The lowest BCUT2D eigenvalue weighted by molar-refractivity contribution is 0.406. The SMILES string of the molecule is COc1ccc2ccccc2c1CNC(C)c1nnc2ccccn12. The number of nitrogens with zero attached hydrogens (tertiary/aromatic N) is 3. The molecule has 126 valence electrons. The van der Waals surface area contributed by atoms with Crippen LogP contribution in [0.5, 0.6) is 5.75 Å². The standard InChI is InChI=1S/C20H20N4O/c1-14(20-23-22-19-9-5-6-12-24(19)20)21-13-17-16-8-4-3-7-15(16)10-11-18(17)25-2/h3-12,14,21H,13H2,1-2H3. The summed E-state index contributed by atoms with van der Waals surface area (Å²) in [4.78, 5) is 0. The number of methoxy groups -OCH3 is 1. The quantitative estimate of drug-likeness (QED) is 0.605. The molecule has 0 aliphatic heterocycles. The van der Waals surface area contributed by atoms with E-state index >= 15 is 0 Å². The normalized spacial score (nSPS) is 12.6. The topological polar surface area (TPSA) is 51.5 Å². The summed E-state index contributed by atoms with van der Waals surface area (Å²) >= 11 is 0. The molecule has 4 aromatic rings. The lowest BCUT2D eigenvalue weighted by atomic mass is 10.0. The van der Waals surface area contributed by atoms with Crippen molar-refractivity contribution in [3.8, 4) is 5.75 Å². The van der Waals surface area contributed by atoms with E-state index < -0.39 is 0 Å². The fourth-order valence-electron chi connectivity index (χ4n) is 3.19. The fourth-order valence-corrected chi connectivity index (χ4v) is 3.19. The van der Waals surface area contributed by atoms with Gasteiger partial charge in [-0.25, -0.2) is 0 Å². The van der Waals surface area contributed by atoms with Gasteiger partial charge in [-0.05, 0) is 35.9 Å². The van der Waals surface area contributed by atoms with Gasteiger partial charge in [0.05, 0.1) is 13.2 Å². The lowest BCUT2D eigenvalue weighted by Gasteiger charge is -2.16. The van der Waals surface area contributed by atoms with E-state index in [4.69, 9.17) is 4.74 Å². The Morgan fingerprint density at radius 3 is 2.76 bits per heavy atom. The first kappa shape index (κ1) is 15.6. The van der Waals surface area contributed by atoms with Crippen molar-refractivity contribution in [2.75, 3.05) is 7.11 Å². The molecule has 1 unspecified atom stereocenters. The van der Waals surface area contributed by atoms with Crippen LogP contribution in [0.4, 0.5) is 0 Å². The molecule has 4 rings (SSSR count). The first-order valence-corrected chi connectivity index (χ1v) is 8.35. The molecule has 2 aromatic carbocycles. The summed E-state index contributed by atoms with van der Waals surface area (Å²) in [5.74, 6) is 1.79. The molecule has 0 saturated carbocycles. The molecule has 5 heteroatoms. The molecule has 2 heterocycles. The fraction of sp³-hybridized carbons (Fsp3) is 0.200. The molecule has 25 heavy (non-hydrogen) atoms. The van der Waals surface area contributed by atoms with Gasteiger partial charge in [-0.2, -0.15) is 0 Å². The average Bonchev–Trinajstić information content (AvgIpc) is 3.10. The van der Waals surface area contributed by atoms with Gasteiger partial charge >= 0.3 is 0 Å². The Morgan fingerprint density at radius 2 is 1.88 bits per heavy atom. The molecule has 0 radical (unpaired) electrons. The molecular weight excluding hydrogens is 312 g/mol. The lowest BCUT2D eigenvalue weighted by Crippen LogP contribution is -2.21. The maximum Gasteiger partial charge on any atom is 0.160 e. The van der Waals surface area contributed by atoms with E-state index in [1.165, 1.54) is 10.8 Å². The average molecular weight is 332 g/mol. The van der Waals surface area contributed by atoms with Crippen LogP contribution in [-0.2, 0) is 6.54 Å². The Morgan fingerprint density at radius 1 is 1.04 bits per heavy atom. The summed E-state index contributed by atoms with van der Waals surface area (Å²) in [7, 11) is 1.71. The smallest absolute Gasteiger partial charge is 0.160 e. The minimum Gasteiger partial charge on any atom is -0.496 e. The Kier molecular flexibility index (Phi) is 4.07. The van der Waals surface area contributed by atoms with Gasteiger partial charge in [0.25, 0.3) is 0 Å². The maximum atomic E-state index is 5.57. The molecule has 0 bridgehead atoms. The number of nitrogens with one attached hydrogen (secondary N) is 1. The third-order valence-corrected chi connectivity index (χ3v) is 4.53. The summed E-state index contributed by atoms with van der Waals surface area (Å²) in [6.07, 6.45) is 1.99. The summed E-state index contributed by atoms with van der Waals surface area (Å²) in [5, 5.41) is 14.5. The van der Waals surface area contributed by atoms with Crippen LogP contribution in [0.25, 0.3) is 16.4 Å². The number of fused-ring (bicyclic) bond motifs is 2. The van der Waals surface area contributed by atoms with Gasteiger partial charge in [0, 0.05) is 18.3 Å². The summed E-state index contributed by atoms with van der Waals surface area (Å²) in [5.41, 5.74) is 2.01. The van der Waals surface area contributed by atoms with Crippen molar-refractivity contribution in [1.82, 2.24) is 19.9 Å². The molecule has 2 aromatic heterocycles. The zero-order chi connectivity index (χ0) is 17.2. The van der Waals surface area contributed by atoms with E-state index in [1.807, 2.05) is 34.9 Å². The molecule has 0 aliphatic carbocycles. The van der Waals surface area contributed by atoms with Gasteiger partial charge in [0.1, 0.15) is 5.75 Å². The molecule has 0 saturated heterocycles. The maximum absolute atomic E-state index is 5.57. The molecule has 1 N–H and O–H groups in total. The van der Waals surface area contributed by atoms with E-state index in [9.17, 15) is 0 Å². The highest BCUT2D eigenvalue weighted by molar-refractivity contribution is 5.87. The predicted molar refractivity (Wildman–Crippen MR) is 98.7 cm³/mol. The van der Waals surface area contributed by atoms with Crippen LogP contribution < -0.4 is 10.1 Å². The Bertz CT molecular complexity index is 1020. The second-order valence-electron chi connectivity index (χ2n) is 6.06. The molecule has 0 spiro atoms. The van der Waals surface area contributed by atoms with Crippen molar-refractivity contribution in [1.29, 1.82) is 0 Å². The number of hydrogen-bond donors (Lipinski definition) is 1. The highest BCUT2D eigenvalue weighted by Crippen LogP contribution is 2.28. The van der Waals surface area contributed by atoms with Gasteiger partial charge in [-0.3, -0.25) is 4.40 Å². The van der Waals surface area contributed by atoms with Crippen molar-refractivity contribution in [3.63, 3.8) is 0 Å². The van der Waals surface area contributed by atoms with Crippen LogP contribution in [0.3, 0.4) is 0 Å². The first-order chi connectivity index (χ1) is 12.3. The van der Waals surface area contributed by atoms with Gasteiger partial charge in [0.2, 0.25) is 0 Å². The zero-order valence-corrected chi connectivity index (χ0v) is 14.3. The highest BCUT2D eigenvalue weighted by atomic mass is 16.5. The van der Waals surface area contributed by atoms with Crippen LogP contribution >= 0.6 is 0 Å². The summed E-state index contributed by atoms with van der Waals surface area (Å²) in [6.45, 7) is 2.79. The first-order valence-electron chi connectivity index (χ1n) is 8.35. The highest BCUT2D eigenvalue weighted by Gasteiger charge is 2.15. The number of aromatic nitrogens is 3. The van der Waals surface area contributed by atoms with E-state index in [0.717, 1.165) is 22.8 Å². The minimum absolute atomic E-state index is 0.0566. The molecule has 1 atom stereocenters. The van der Waals surface area contributed by atoms with Crippen molar-refractivity contribution >= 4 is 16.4 Å². The number of hydrogen-bond acceptors (Lipinski definition) is 4. The Balaban J connectivity index is 1.64. The summed E-state index contributed by atoms with van der Waals surface area (Å²) < 4.78 is 7.59. The number of benzene rings is 2. The van der Waals surface area contributed by atoms with Crippen LogP contribution in [0.2, 0.25) is 0 Å². The second kappa shape index (κ2) is 6.53. The monoisotopic (exact) mass is 332 g/mol. The number of rotatable bonds is 5. The minimum atomic E-state index is 0.0566. The molecule has 0 fully saturated rings. The largest absolute Gasteiger partial charge is 0.496 e. The van der Waals surface area contributed by atoms with E-state index in [1.54, 1.807) is 7.11 Å². The van der Waals surface area contributed by atoms with Crippen molar-refractivity contribution in [2.24, 2.45) is 0 Å². The van der Waals surface area contributed by atoms with Crippen LogP contribution in [0.1, 0.15) is 24.4 Å². The van der Waals surface area contributed by atoms with Gasteiger partial charge in [-0.1, -0.05) is 36.4 Å². The molecular formula is C20H20N4O. The van der Waals surface area contributed by atoms with Crippen LogP contribution in [0, 0.1) is 0 Å². The molecule has 0 amide bonds. The van der Waals surface area contributed by atoms with Crippen molar-refractivity contribution < 1.29 is 4.74 Å². The predicted octanol–water partition coefficient (Wildman–Crippen LogP) is 3.74. The van der Waals surface area contributed by atoms with Gasteiger partial charge < -0.3 is 10.1 Å². The van der Waals surface area contributed by atoms with E-state index in [-0.39, 0.29) is 6.04 Å². The van der Waals surface area contributed by atoms with E-state index in [0.29, 0.717) is 6.54 Å². The third kappa shape index (κ3) is 2.83. The van der Waals surface area contributed by atoms with Crippen LogP contribution in [-0.4, -0.2) is 21.7 Å². The Hall–Kier alpha value is -2.92. The van der Waals surface area contributed by atoms with Crippen molar-refractivity contribution in [2.45, 2.75) is 19.5 Å². The van der Waals surface area contributed by atoms with Crippen LogP contribution in [0.15, 0.2) is 60.8 Å². The van der Waals surface area contributed by atoms with Gasteiger partial charge in [-0.15, -0.1) is 10.2 Å². The third-order valence-electron chi connectivity index (χ3n) is 4.53. The van der Waals surface area contributed by atoms with E-state index in [2.05, 4.69) is 52.8 Å². The van der Waals surface area contributed by atoms with Crippen molar-refractivity contribution in [3.05, 3.63) is 72.2 Å². The molecule has 0 aliphatic rings. The number of ether oxygens (including phenoxy) is 1. The number of pyridine rings is 1. The second-order valence-corrected chi connectivity index (χ2v) is 6.06. The van der Waals surface area contributed by atoms with Gasteiger partial charge in [0.15, 0.2) is 11.5 Å². The molecule has 5 nitrogen and oxygen atoms in total. The summed E-state index contributed by atoms with van der Waals surface area (Å²) in [6, 6.07) is 18.4.